The van der Waals surface area contributed by atoms with Gasteiger partial charge >= 0.3 is 0 Å². The van der Waals surface area contributed by atoms with Crippen LogP contribution in [0.15, 0.2) is 229 Å². The third kappa shape index (κ3) is 4.67. The molecule has 0 unspecified atom stereocenters. The molecule has 2 heteroatoms. The average molecular weight is 776 g/mol. The maximum atomic E-state index is 7.13. The van der Waals surface area contributed by atoms with E-state index >= 15 is 0 Å². The normalized spacial score (nSPS) is 13.0. The van der Waals surface area contributed by atoms with Crippen molar-refractivity contribution in [3.05, 3.63) is 247 Å². The van der Waals surface area contributed by atoms with E-state index in [0.717, 1.165) is 55.9 Å². The summed E-state index contributed by atoms with van der Waals surface area (Å²) in [7, 11) is 0. The van der Waals surface area contributed by atoms with E-state index in [1.807, 2.05) is 0 Å². The molecule has 0 saturated heterocycles. The van der Waals surface area contributed by atoms with Crippen molar-refractivity contribution in [3.8, 4) is 44.7 Å². The van der Waals surface area contributed by atoms with Crippen molar-refractivity contribution in [2.75, 3.05) is 4.90 Å². The zero-order valence-electron chi connectivity index (χ0n) is 33.2. The molecule has 1 spiro atoms. The van der Waals surface area contributed by atoms with Crippen molar-refractivity contribution in [1.82, 2.24) is 0 Å². The number of fused-ring (bicyclic) bond motifs is 16. The first kappa shape index (κ1) is 34.0. The molecule has 2 aliphatic carbocycles. The van der Waals surface area contributed by atoms with Gasteiger partial charge < -0.3 is 9.32 Å². The average Bonchev–Trinajstić information content (AvgIpc) is 3.98. The smallest absolute Gasteiger partial charge is 0.143 e. The Hall–Kier alpha value is -7.94. The van der Waals surface area contributed by atoms with Crippen LogP contribution >= 0.6 is 0 Å². The summed E-state index contributed by atoms with van der Waals surface area (Å²) in [6.45, 7) is 0. The molecular formula is C59H37NO. The summed E-state index contributed by atoms with van der Waals surface area (Å²) in [5, 5.41) is 5.89. The van der Waals surface area contributed by atoms with Gasteiger partial charge in [-0.2, -0.15) is 0 Å². The highest BCUT2D eigenvalue weighted by Gasteiger charge is 2.52. The van der Waals surface area contributed by atoms with E-state index in [1.165, 1.54) is 60.7 Å². The maximum Gasteiger partial charge on any atom is 0.143 e. The van der Waals surface area contributed by atoms with Crippen LogP contribution < -0.4 is 4.90 Å². The van der Waals surface area contributed by atoms with Crippen LogP contribution in [0.2, 0.25) is 0 Å². The quantitative estimate of drug-likeness (QED) is 0.162. The van der Waals surface area contributed by atoms with Gasteiger partial charge in [-0.1, -0.05) is 182 Å². The number of furan rings is 1. The van der Waals surface area contributed by atoms with Crippen molar-refractivity contribution in [2.24, 2.45) is 0 Å². The van der Waals surface area contributed by atoms with Crippen molar-refractivity contribution in [3.63, 3.8) is 0 Å². The van der Waals surface area contributed by atoms with E-state index in [4.69, 9.17) is 4.42 Å². The van der Waals surface area contributed by atoms with Gasteiger partial charge in [0.2, 0.25) is 0 Å². The van der Waals surface area contributed by atoms with Crippen molar-refractivity contribution < 1.29 is 4.42 Å². The van der Waals surface area contributed by atoms with E-state index < -0.39 is 5.41 Å². The Morgan fingerprint density at radius 3 is 1.49 bits per heavy atom. The molecular weight excluding hydrogens is 739 g/mol. The lowest BCUT2D eigenvalue weighted by atomic mass is 9.70. The molecule has 0 saturated carbocycles. The summed E-state index contributed by atoms with van der Waals surface area (Å²) in [6.07, 6.45) is 0. The first-order valence-electron chi connectivity index (χ1n) is 21.1. The number of hydrogen-bond acceptors (Lipinski definition) is 2. The lowest BCUT2D eigenvalue weighted by molar-refractivity contribution is 0.636. The summed E-state index contributed by atoms with van der Waals surface area (Å²) >= 11 is 0. The molecule has 10 aromatic carbocycles. The highest BCUT2D eigenvalue weighted by molar-refractivity contribution is 6.28. The fourth-order valence-corrected chi connectivity index (χ4v) is 10.9. The highest BCUT2D eigenvalue weighted by atomic mass is 16.3. The second kappa shape index (κ2) is 13.0. The maximum absolute atomic E-state index is 7.13. The van der Waals surface area contributed by atoms with Gasteiger partial charge in [0.25, 0.3) is 0 Å². The van der Waals surface area contributed by atoms with E-state index in [9.17, 15) is 0 Å². The van der Waals surface area contributed by atoms with Crippen LogP contribution in [0.1, 0.15) is 22.3 Å². The minimum absolute atomic E-state index is 0.426. The number of rotatable bonds is 5. The van der Waals surface area contributed by atoms with Gasteiger partial charge in [0.05, 0.1) is 11.1 Å². The van der Waals surface area contributed by atoms with Crippen LogP contribution in [0, 0.1) is 0 Å². The van der Waals surface area contributed by atoms with Gasteiger partial charge in [-0.25, -0.2) is 0 Å². The summed E-state index contributed by atoms with van der Waals surface area (Å²) in [5.74, 6) is 0.871. The van der Waals surface area contributed by atoms with Gasteiger partial charge in [0.15, 0.2) is 0 Å². The second-order valence-corrected chi connectivity index (χ2v) is 16.3. The molecule has 2 nitrogen and oxygen atoms in total. The van der Waals surface area contributed by atoms with Crippen LogP contribution in [0.4, 0.5) is 17.1 Å². The Labute approximate surface area is 354 Å². The lowest BCUT2D eigenvalue weighted by Crippen LogP contribution is -2.26. The molecule has 0 radical (unpaired) electrons. The van der Waals surface area contributed by atoms with Gasteiger partial charge in [-0.15, -0.1) is 0 Å². The fraction of sp³-hybridized carbons (Fsp3) is 0.0169. The van der Waals surface area contributed by atoms with Crippen LogP contribution in [0.25, 0.3) is 77.2 Å². The Morgan fingerprint density at radius 2 is 0.820 bits per heavy atom. The summed E-state index contributed by atoms with van der Waals surface area (Å²) < 4.78 is 7.13. The predicted octanol–water partition coefficient (Wildman–Crippen LogP) is 15.9. The van der Waals surface area contributed by atoms with Crippen molar-refractivity contribution in [2.45, 2.75) is 5.41 Å². The molecule has 13 rings (SSSR count). The number of hydrogen-bond donors (Lipinski definition) is 0. The summed E-state index contributed by atoms with van der Waals surface area (Å²) in [6, 6.07) is 81.9. The van der Waals surface area contributed by atoms with E-state index in [1.54, 1.807) is 0 Å². The molecule has 1 aromatic heterocycles. The second-order valence-electron chi connectivity index (χ2n) is 16.3. The predicted molar refractivity (Wildman–Crippen MR) is 253 cm³/mol. The largest absolute Gasteiger partial charge is 0.455 e. The van der Waals surface area contributed by atoms with E-state index in [2.05, 4.69) is 229 Å². The molecule has 284 valence electrons. The molecule has 1 heterocycles. The molecule has 0 bridgehead atoms. The SMILES string of the molecule is c1ccc(-c2c(-c3ccc(N(c4ccccc4)c4cccc5c4-c4ccccc4C54c5ccccc5-c5ccccc54)cc3)oc3c4ccccc4c4ccccc4c23)cc1. The van der Waals surface area contributed by atoms with Crippen molar-refractivity contribution in [1.29, 1.82) is 0 Å². The lowest BCUT2D eigenvalue weighted by Gasteiger charge is -2.31. The Balaban J connectivity index is 1.03. The van der Waals surface area contributed by atoms with E-state index in [-0.39, 0.29) is 0 Å². The fourth-order valence-electron chi connectivity index (χ4n) is 10.9. The zero-order chi connectivity index (χ0) is 40.1. The van der Waals surface area contributed by atoms with Crippen LogP contribution in [-0.4, -0.2) is 0 Å². The molecule has 11 aromatic rings. The summed E-state index contributed by atoms with van der Waals surface area (Å²) in [4.78, 5) is 2.43. The molecule has 0 N–H and O–H groups in total. The first-order chi connectivity index (χ1) is 30.3. The Kier molecular flexibility index (Phi) is 7.26. The molecule has 2 aliphatic rings. The van der Waals surface area contributed by atoms with Gasteiger partial charge in [0.1, 0.15) is 11.3 Å². The first-order valence-corrected chi connectivity index (χ1v) is 21.1. The van der Waals surface area contributed by atoms with Crippen LogP contribution in [-0.2, 0) is 5.41 Å². The third-order valence-corrected chi connectivity index (χ3v) is 13.3. The minimum atomic E-state index is -0.426. The van der Waals surface area contributed by atoms with Gasteiger partial charge in [-0.05, 0) is 103 Å². The molecule has 0 atom stereocenters. The molecule has 0 amide bonds. The zero-order valence-corrected chi connectivity index (χ0v) is 33.2. The number of anilines is 3. The summed E-state index contributed by atoms with van der Waals surface area (Å²) in [5.41, 5.74) is 17.6. The van der Waals surface area contributed by atoms with Gasteiger partial charge in [0, 0.05) is 38.8 Å². The number of nitrogens with zero attached hydrogens (tertiary/aromatic N) is 1. The Bertz CT molecular complexity index is 3480. The third-order valence-electron chi connectivity index (χ3n) is 13.3. The van der Waals surface area contributed by atoms with Crippen molar-refractivity contribution >= 4 is 49.6 Å². The minimum Gasteiger partial charge on any atom is -0.455 e. The topological polar surface area (TPSA) is 16.4 Å². The highest BCUT2D eigenvalue weighted by Crippen LogP contribution is 2.64. The molecule has 0 aliphatic heterocycles. The monoisotopic (exact) mass is 775 g/mol. The van der Waals surface area contributed by atoms with Crippen LogP contribution in [0.3, 0.4) is 0 Å². The number of benzene rings is 10. The molecule has 0 fully saturated rings. The van der Waals surface area contributed by atoms with Gasteiger partial charge in [-0.3, -0.25) is 0 Å². The van der Waals surface area contributed by atoms with Crippen LogP contribution in [0.5, 0.6) is 0 Å². The number of para-hydroxylation sites is 1. The Morgan fingerprint density at radius 1 is 0.328 bits per heavy atom. The standard InChI is InChI=1S/C59H37NO/c1-3-18-38(19-4-1)54-56-46-26-9-7-22-42(46)43-23-8-10-27-47(43)58(56)61-57(54)39-34-36-41(37-35-39)60(40-20-5-2-6-21-40)53-33-17-32-52-55(53)48-28-13-16-31-51(48)59(52)49-29-14-11-24-44(49)45-25-12-15-30-50(45)59/h1-37H. The van der Waals surface area contributed by atoms with E-state index in [0.29, 0.717) is 0 Å². The molecule has 61 heavy (non-hydrogen) atoms.